The van der Waals surface area contributed by atoms with Gasteiger partial charge in [-0.15, -0.1) is 0 Å². The van der Waals surface area contributed by atoms with Crippen LogP contribution in [-0.2, 0) is 17.9 Å². The molecule has 0 aliphatic heterocycles. The molecule has 1 N–H and O–H groups in total. The second kappa shape index (κ2) is 8.04. The van der Waals surface area contributed by atoms with E-state index >= 15 is 0 Å². The number of hydrogen-bond donors (Lipinski definition) is 1. The summed E-state index contributed by atoms with van der Waals surface area (Å²) in [7, 11) is 0. The van der Waals surface area contributed by atoms with Crippen LogP contribution in [0.4, 0.5) is 0 Å². The molecular weight excluding hydrogens is 252 g/mol. The van der Waals surface area contributed by atoms with Gasteiger partial charge in [0.15, 0.2) is 0 Å². The van der Waals surface area contributed by atoms with Crippen LogP contribution in [0.2, 0.25) is 0 Å². The van der Waals surface area contributed by atoms with Crippen LogP contribution in [0.25, 0.3) is 0 Å². The second-order valence-electron chi connectivity index (χ2n) is 5.05. The van der Waals surface area contributed by atoms with E-state index in [-0.39, 0.29) is 5.91 Å². The molecule has 0 radical (unpaired) electrons. The number of carbonyl (C=O) groups is 1. The van der Waals surface area contributed by atoms with Gasteiger partial charge in [0.25, 0.3) is 0 Å². The van der Waals surface area contributed by atoms with Crippen molar-refractivity contribution in [1.82, 2.24) is 20.0 Å². The largest absolute Gasteiger partial charge is 0.342 e. The number of carbonyl (C=O) groups excluding carboxylic acids is 1. The van der Waals surface area contributed by atoms with Crippen molar-refractivity contribution < 1.29 is 4.79 Å². The van der Waals surface area contributed by atoms with Crippen LogP contribution in [-0.4, -0.2) is 40.2 Å². The minimum absolute atomic E-state index is 0.133. The summed E-state index contributed by atoms with van der Waals surface area (Å²) in [6, 6.07) is 0. The molecule has 0 spiro atoms. The minimum atomic E-state index is 0.133. The summed E-state index contributed by atoms with van der Waals surface area (Å²) in [5.41, 5.74) is 3.32. The van der Waals surface area contributed by atoms with Gasteiger partial charge in [0.1, 0.15) is 6.54 Å². The summed E-state index contributed by atoms with van der Waals surface area (Å²) in [6.45, 7) is 13.9. The Morgan fingerprint density at radius 1 is 1.25 bits per heavy atom. The third-order valence-electron chi connectivity index (χ3n) is 3.66. The Morgan fingerprint density at radius 3 is 2.45 bits per heavy atom. The lowest BCUT2D eigenvalue weighted by molar-refractivity contribution is -0.131. The number of aromatic nitrogens is 2. The molecule has 0 aliphatic rings. The first-order valence-electron chi connectivity index (χ1n) is 7.56. The molecule has 0 unspecified atom stereocenters. The van der Waals surface area contributed by atoms with Gasteiger partial charge < -0.3 is 10.2 Å². The van der Waals surface area contributed by atoms with Crippen molar-refractivity contribution in [3.8, 4) is 0 Å². The van der Waals surface area contributed by atoms with E-state index < -0.39 is 0 Å². The molecule has 1 amide bonds. The number of amides is 1. The maximum atomic E-state index is 12.2. The Hall–Kier alpha value is -1.36. The highest BCUT2D eigenvalue weighted by Crippen LogP contribution is 2.13. The first kappa shape index (κ1) is 16.7. The van der Waals surface area contributed by atoms with Gasteiger partial charge >= 0.3 is 0 Å². The van der Waals surface area contributed by atoms with Gasteiger partial charge in [0, 0.05) is 30.9 Å². The smallest absolute Gasteiger partial charge is 0.244 e. The topological polar surface area (TPSA) is 50.2 Å². The van der Waals surface area contributed by atoms with Crippen LogP contribution >= 0.6 is 0 Å². The first-order valence-corrected chi connectivity index (χ1v) is 7.56. The molecule has 1 rings (SSSR count). The monoisotopic (exact) mass is 280 g/mol. The highest BCUT2D eigenvalue weighted by atomic mass is 16.2. The van der Waals surface area contributed by atoms with E-state index in [0.717, 1.165) is 44.0 Å². The number of likely N-dealkylation sites (N-methyl/N-ethyl adjacent to an activating group) is 1. The maximum Gasteiger partial charge on any atom is 0.244 e. The molecule has 1 aromatic heterocycles. The van der Waals surface area contributed by atoms with Crippen molar-refractivity contribution in [2.75, 3.05) is 19.6 Å². The van der Waals surface area contributed by atoms with E-state index in [1.165, 1.54) is 5.56 Å². The Balaban J connectivity index is 2.77. The molecule has 1 aromatic rings. The molecule has 114 valence electrons. The van der Waals surface area contributed by atoms with E-state index in [1.54, 1.807) is 0 Å². The van der Waals surface area contributed by atoms with Crippen LogP contribution in [0, 0.1) is 13.8 Å². The molecule has 0 fully saturated rings. The maximum absolute atomic E-state index is 12.2. The van der Waals surface area contributed by atoms with Crippen molar-refractivity contribution in [3.63, 3.8) is 0 Å². The van der Waals surface area contributed by atoms with Gasteiger partial charge in [0.05, 0.1) is 5.69 Å². The molecule has 1 heterocycles. The molecule has 0 saturated heterocycles. The highest BCUT2D eigenvalue weighted by molar-refractivity contribution is 5.75. The quantitative estimate of drug-likeness (QED) is 0.740. The van der Waals surface area contributed by atoms with Crippen molar-refractivity contribution in [2.45, 2.75) is 54.1 Å². The zero-order chi connectivity index (χ0) is 15.1. The summed E-state index contributed by atoms with van der Waals surface area (Å²) >= 11 is 0. The summed E-state index contributed by atoms with van der Waals surface area (Å²) in [6.07, 6.45) is 1.12. The van der Waals surface area contributed by atoms with Gasteiger partial charge in [-0.25, -0.2) is 0 Å². The minimum Gasteiger partial charge on any atom is -0.342 e. The summed E-state index contributed by atoms with van der Waals surface area (Å²) in [4.78, 5) is 14.0. The van der Waals surface area contributed by atoms with E-state index in [2.05, 4.69) is 17.3 Å². The van der Waals surface area contributed by atoms with Crippen LogP contribution in [0.1, 0.15) is 44.1 Å². The standard InChI is InChI=1S/C15H28N4O/c1-6-9-16-10-14-12(4)17-19(13(14)5)11-15(20)18(7-2)8-3/h16H,6-11H2,1-5H3. The fraction of sp³-hybridized carbons (Fsp3) is 0.733. The van der Waals surface area contributed by atoms with E-state index in [1.807, 2.05) is 37.3 Å². The van der Waals surface area contributed by atoms with Crippen LogP contribution < -0.4 is 5.32 Å². The van der Waals surface area contributed by atoms with E-state index in [4.69, 9.17) is 0 Å². The average Bonchev–Trinajstić information content (AvgIpc) is 2.68. The average molecular weight is 280 g/mol. The van der Waals surface area contributed by atoms with E-state index in [0.29, 0.717) is 6.54 Å². The summed E-state index contributed by atoms with van der Waals surface area (Å²) < 4.78 is 1.83. The van der Waals surface area contributed by atoms with Crippen molar-refractivity contribution in [2.24, 2.45) is 0 Å². The molecule has 5 heteroatoms. The van der Waals surface area contributed by atoms with Crippen LogP contribution in [0.15, 0.2) is 0 Å². The molecule has 20 heavy (non-hydrogen) atoms. The zero-order valence-electron chi connectivity index (χ0n) is 13.5. The van der Waals surface area contributed by atoms with Crippen molar-refractivity contribution >= 4 is 5.91 Å². The number of rotatable bonds is 8. The summed E-state index contributed by atoms with van der Waals surface area (Å²) in [5.74, 6) is 0.133. The zero-order valence-corrected chi connectivity index (χ0v) is 13.5. The van der Waals surface area contributed by atoms with E-state index in [9.17, 15) is 4.79 Å². The highest BCUT2D eigenvalue weighted by Gasteiger charge is 2.16. The lowest BCUT2D eigenvalue weighted by Crippen LogP contribution is -2.34. The van der Waals surface area contributed by atoms with Crippen LogP contribution in [0.3, 0.4) is 0 Å². The molecule has 0 aliphatic carbocycles. The summed E-state index contributed by atoms with van der Waals surface area (Å²) in [5, 5.41) is 7.91. The Bertz CT molecular complexity index is 435. The fourth-order valence-electron chi connectivity index (χ4n) is 2.34. The molecule has 5 nitrogen and oxygen atoms in total. The van der Waals surface area contributed by atoms with Gasteiger partial charge in [0.2, 0.25) is 5.91 Å². The molecule has 0 aromatic carbocycles. The Kier molecular flexibility index (Phi) is 6.71. The fourth-order valence-corrected chi connectivity index (χ4v) is 2.34. The SMILES string of the molecule is CCCNCc1c(C)nn(CC(=O)N(CC)CC)c1C. The molecular formula is C15H28N4O. The van der Waals surface area contributed by atoms with Gasteiger partial charge in [-0.2, -0.15) is 5.10 Å². The Labute approximate surface area is 122 Å². The number of nitrogens with one attached hydrogen (secondary N) is 1. The van der Waals surface area contributed by atoms with Crippen molar-refractivity contribution in [3.05, 3.63) is 17.0 Å². The number of nitrogens with zero attached hydrogens (tertiary/aromatic N) is 3. The normalized spacial score (nSPS) is 10.8. The number of aryl methyl sites for hydroxylation is 1. The van der Waals surface area contributed by atoms with Gasteiger partial charge in [-0.3, -0.25) is 9.48 Å². The first-order chi connectivity index (χ1) is 9.54. The lowest BCUT2D eigenvalue weighted by atomic mass is 10.2. The lowest BCUT2D eigenvalue weighted by Gasteiger charge is -2.18. The number of hydrogen-bond acceptors (Lipinski definition) is 3. The molecule has 0 saturated carbocycles. The second-order valence-corrected chi connectivity index (χ2v) is 5.05. The predicted molar refractivity (Wildman–Crippen MR) is 81.6 cm³/mol. The van der Waals surface area contributed by atoms with Gasteiger partial charge in [-0.1, -0.05) is 6.92 Å². The van der Waals surface area contributed by atoms with Crippen molar-refractivity contribution in [1.29, 1.82) is 0 Å². The third-order valence-corrected chi connectivity index (χ3v) is 3.66. The molecule has 0 bridgehead atoms. The predicted octanol–water partition coefficient (Wildman–Crippen LogP) is 1.87. The molecule has 0 atom stereocenters. The van der Waals surface area contributed by atoms with Gasteiger partial charge in [-0.05, 0) is 40.7 Å². The van der Waals surface area contributed by atoms with Crippen LogP contribution in [0.5, 0.6) is 0 Å². The Morgan fingerprint density at radius 2 is 1.90 bits per heavy atom. The third kappa shape index (κ3) is 4.07.